The second-order valence-corrected chi connectivity index (χ2v) is 2.74. The summed E-state index contributed by atoms with van der Waals surface area (Å²) in [5.74, 6) is -2.78. The Morgan fingerprint density at radius 3 is 2.58 bits per heavy atom. The maximum absolute atomic E-state index is 13.0. The van der Waals surface area contributed by atoms with Crippen LogP contribution in [0.15, 0.2) is 23.4 Å². The molecule has 0 fully saturated rings. The van der Waals surface area contributed by atoms with Crippen molar-refractivity contribution in [2.45, 2.75) is 19.5 Å². The molecule has 68 valence electrons. The van der Waals surface area contributed by atoms with Crippen LogP contribution >= 0.6 is 0 Å². The van der Waals surface area contributed by atoms with Gasteiger partial charge in [0.15, 0.2) is 0 Å². The minimum atomic E-state index is -1.60. The molecule has 2 N–H and O–H groups in total. The van der Waals surface area contributed by atoms with Gasteiger partial charge in [-0.25, -0.2) is 13.2 Å². The summed E-state index contributed by atoms with van der Waals surface area (Å²) in [4.78, 5) is 0. The van der Waals surface area contributed by atoms with Crippen LogP contribution in [0, 0.1) is 5.92 Å². The first-order valence-electron chi connectivity index (χ1n) is 3.74. The molecule has 0 aromatic rings. The normalized spacial score (nSPS) is 30.5. The molecule has 1 nitrogen and oxygen atoms in total. The van der Waals surface area contributed by atoms with E-state index in [1.165, 1.54) is 0 Å². The van der Waals surface area contributed by atoms with E-state index in [9.17, 15) is 13.2 Å². The zero-order chi connectivity index (χ0) is 9.30. The molecule has 0 aromatic heterocycles. The van der Waals surface area contributed by atoms with Crippen LogP contribution in [-0.4, -0.2) is 6.17 Å². The van der Waals surface area contributed by atoms with Crippen LogP contribution in [0.25, 0.3) is 0 Å². The molecule has 0 heterocycles. The molecule has 0 amide bonds. The molecule has 1 rings (SSSR count). The maximum atomic E-state index is 13.0. The lowest BCUT2D eigenvalue weighted by atomic mass is 9.93. The van der Waals surface area contributed by atoms with E-state index in [2.05, 4.69) is 0 Å². The Kier molecular flexibility index (Phi) is 2.45. The molecule has 0 aliphatic heterocycles. The third-order valence-corrected chi connectivity index (χ3v) is 1.97. The first-order chi connectivity index (χ1) is 5.57. The molecular formula is C8H10F3N. The Morgan fingerprint density at radius 1 is 1.50 bits per heavy atom. The summed E-state index contributed by atoms with van der Waals surface area (Å²) in [5, 5.41) is 0. The summed E-state index contributed by atoms with van der Waals surface area (Å²) in [6.07, 6.45) is -0.605. The van der Waals surface area contributed by atoms with Crippen LogP contribution in [-0.2, 0) is 0 Å². The number of alkyl halides is 1. The fourth-order valence-electron chi connectivity index (χ4n) is 1.20. The average molecular weight is 177 g/mol. The summed E-state index contributed by atoms with van der Waals surface area (Å²) in [6, 6.07) is 0. The van der Waals surface area contributed by atoms with Crippen molar-refractivity contribution in [3.8, 4) is 0 Å². The minimum absolute atomic E-state index is 0.275. The van der Waals surface area contributed by atoms with Crippen LogP contribution in [0.3, 0.4) is 0 Å². The van der Waals surface area contributed by atoms with Crippen molar-refractivity contribution < 1.29 is 13.2 Å². The molecule has 0 saturated carbocycles. The fourth-order valence-corrected chi connectivity index (χ4v) is 1.20. The van der Waals surface area contributed by atoms with Crippen molar-refractivity contribution in [2.75, 3.05) is 0 Å². The van der Waals surface area contributed by atoms with Gasteiger partial charge in [0.05, 0.1) is 5.70 Å². The molecule has 1 aliphatic carbocycles. The van der Waals surface area contributed by atoms with Crippen LogP contribution in [0.5, 0.6) is 0 Å². The standard InChI is InChI=1S/C8H10F3N/c1-2-4-5(9)3-6(10)8(12)7(4)11/h3-5H,2,12H2,1H3. The van der Waals surface area contributed by atoms with E-state index in [4.69, 9.17) is 5.73 Å². The average Bonchev–Trinajstić information content (AvgIpc) is 2.01. The molecule has 2 atom stereocenters. The first-order valence-corrected chi connectivity index (χ1v) is 3.74. The van der Waals surface area contributed by atoms with Crippen LogP contribution in [0.1, 0.15) is 13.3 Å². The summed E-state index contributed by atoms with van der Waals surface area (Å²) >= 11 is 0. The molecule has 0 aromatic carbocycles. The van der Waals surface area contributed by atoms with Gasteiger partial charge in [0, 0.05) is 5.92 Å². The third kappa shape index (κ3) is 1.33. The number of hydrogen-bond acceptors (Lipinski definition) is 1. The van der Waals surface area contributed by atoms with Crippen molar-refractivity contribution >= 4 is 0 Å². The van der Waals surface area contributed by atoms with Gasteiger partial charge in [0.1, 0.15) is 17.8 Å². The summed E-state index contributed by atoms with van der Waals surface area (Å²) in [7, 11) is 0. The highest BCUT2D eigenvalue weighted by molar-refractivity contribution is 5.32. The van der Waals surface area contributed by atoms with E-state index >= 15 is 0 Å². The van der Waals surface area contributed by atoms with Gasteiger partial charge in [-0.15, -0.1) is 0 Å². The smallest absolute Gasteiger partial charge is 0.147 e. The van der Waals surface area contributed by atoms with Crippen molar-refractivity contribution in [3.05, 3.63) is 23.4 Å². The number of hydrogen-bond donors (Lipinski definition) is 1. The van der Waals surface area contributed by atoms with Crippen molar-refractivity contribution in [1.82, 2.24) is 0 Å². The molecule has 1 aliphatic rings. The van der Waals surface area contributed by atoms with Crippen molar-refractivity contribution in [3.63, 3.8) is 0 Å². The van der Waals surface area contributed by atoms with E-state index in [0.717, 1.165) is 0 Å². The maximum Gasteiger partial charge on any atom is 0.147 e. The van der Waals surface area contributed by atoms with Gasteiger partial charge in [-0.1, -0.05) is 6.92 Å². The van der Waals surface area contributed by atoms with E-state index in [0.29, 0.717) is 6.08 Å². The lowest BCUT2D eigenvalue weighted by Crippen LogP contribution is -2.22. The van der Waals surface area contributed by atoms with Gasteiger partial charge in [0.2, 0.25) is 0 Å². The van der Waals surface area contributed by atoms with E-state index < -0.39 is 29.4 Å². The predicted molar refractivity (Wildman–Crippen MR) is 40.2 cm³/mol. The molecule has 0 saturated heterocycles. The third-order valence-electron chi connectivity index (χ3n) is 1.97. The highest BCUT2D eigenvalue weighted by atomic mass is 19.2. The van der Waals surface area contributed by atoms with E-state index in [-0.39, 0.29) is 6.42 Å². The molecule has 4 heteroatoms. The van der Waals surface area contributed by atoms with Gasteiger partial charge in [-0.3, -0.25) is 0 Å². The van der Waals surface area contributed by atoms with Crippen molar-refractivity contribution in [1.29, 1.82) is 0 Å². The topological polar surface area (TPSA) is 26.0 Å². The molecule has 12 heavy (non-hydrogen) atoms. The fraction of sp³-hybridized carbons (Fsp3) is 0.500. The quantitative estimate of drug-likeness (QED) is 0.653. The second kappa shape index (κ2) is 3.21. The van der Waals surface area contributed by atoms with Gasteiger partial charge >= 0.3 is 0 Å². The highest BCUT2D eigenvalue weighted by Gasteiger charge is 2.30. The highest BCUT2D eigenvalue weighted by Crippen LogP contribution is 2.32. The summed E-state index contributed by atoms with van der Waals surface area (Å²) in [5.41, 5.74) is 4.49. The lowest BCUT2D eigenvalue weighted by Gasteiger charge is -2.20. The number of nitrogens with two attached hydrogens (primary N) is 1. The Balaban J connectivity index is 2.99. The summed E-state index contributed by atoms with van der Waals surface area (Å²) < 4.78 is 38.4. The van der Waals surface area contributed by atoms with Crippen molar-refractivity contribution in [2.24, 2.45) is 11.7 Å². The Hall–Kier alpha value is -0.930. The zero-order valence-electron chi connectivity index (χ0n) is 6.65. The Labute approximate surface area is 68.7 Å². The summed E-state index contributed by atoms with van der Waals surface area (Å²) in [6.45, 7) is 1.63. The van der Waals surface area contributed by atoms with E-state index in [1.807, 2.05) is 0 Å². The minimum Gasteiger partial charge on any atom is -0.394 e. The van der Waals surface area contributed by atoms with Gasteiger partial charge in [0.25, 0.3) is 0 Å². The van der Waals surface area contributed by atoms with Gasteiger partial charge in [-0.2, -0.15) is 0 Å². The largest absolute Gasteiger partial charge is 0.394 e. The van der Waals surface area contributed by atoms with Crippen LogP contribution in [0.4, 0.5) is 13.2 Å². The Morgan fingerprint density at radius 2 is 2.08 bits per heavy atom. The van der Waals surface area contributed by atoms with Crippen LogP contribution in [0.2, 0.25) is 0 Å². The zero-order valence-corrected chi connectivity index (χ0v) is 6.65. The monoisotopic (exact) mass is 177 g/mol. The lowest BCUT2D eigenvalue weighted by molar-refractivity contribution is 0.259. The molecular weight excluding hydrogens is 167 g/mol. The van der Waals surface area contributed by atoms with Crippen LogP contribution < -0.4 is 5.73 Å². The number of rotatable bonds is 1. The number of allylic oxidation sites excluding steroid dienone is 3. The number of halogens is 3. The van der Waals surface area contributed by atoms with Gasteiger partial charge < -0.3 is 5.73 Å². The molecule has 2 unspecified atom stereocenters. The molecule has 0 bridgehead atoms. The van der Waals surface area contributed by atoms with Gasteiger partial charge in [-0.05, 0) is 12.5 Å². The first kappa shape index (κ1) is 9.16. The SMILES string of the molecule is CCC1C(F)=C(N)C(F)=CC1F. The van der Waals surface area contributed by atoms with E-state index in [1.54, 1.807) is 6.92 Å². The Bertz CT molecular complexity index is 245. The second-order valence-electron chi connectivity index (χ2n) is 2.74. The molecule has 0 spiro atoms. The molecule has 0 radical (unpaired) electrons. The predicted octanol–water partition coefficient (Wildman–Crippen LogP) is 2.36.